The van der Waals surface area contributed by atoms with Crippen LogP contribution >= 0.6 is 11.3 Å². The molecule has 0 unspecified atom stereocenters. The first-order valence-electron chi connectivity index (χ1n) is 16.2. The van der Waals surface area contributed by atoms with Gasteiger partial charge in [0.2, 0.25) is 0 Å². The Kier molecular flexibility index (Phi) is 7.13. The van der Waals surface area contributed by atoms with Crippen LogP contribution in [-0.4, -0.2) is 24.1 Å². The van der Waals surface area contributed by atoms with Crippen molar-refractivity contribution in [3.05, 3.63) is 138 Å². The van der Waals surface area contributed by atoms with Crippen molar-refractivity contribution in [1.82, 2.24) is 24.1 Å². The Balaban J connectivity index is 0.00000336. The zero-order chi connectivity index (χ0) is 32.8. The molecular weight excluding hydrogens is 818 g/mol. The minimum Gasteiger partial charge on any atom is -0.501 e. The molecule has 8 heteroatoms. The average Bonchev–Trinajstić information content (AvgIpc) is 3.84. The Morgan fingerprint density at radius 3 is 2.44 bits per heavy atom. The van der Waals surface area contributed by atoms with Gasteiger partial charge in [-0.25, -0.2) is 4.98 Å². The summed E-state index contributed by atoms with van der Waals surface area (Å²) in [4.78, 5) is 10.0. The Labute approximate surface area is 305 Å². The van der Waals surface area contributed by atoms with Crippen LogP contribution in [0.4, 0.5) is 0 Å². The van der Waals surface area contributed by atoms with Crippen LogP contribution in [0.25, 0.3) is 75.6 Å². The van der Waals surface area contributed by atoms with E-state index in [2.05, 4.69) is 91.9 Å². The van der Waals surface area contributed by atoms with Gasteiger partial charge in [-0.3, -0.25) is 9.67 Å². The molecule has 0 aliphatic heterocycles. The van der Waals surface area contributed by atoms with Gasteiger partial charge in [-0.15, -0.1) is 18.2 Å². The molecule has 5 heterocycles. The second-order valence-electron chi connectivity index (χ2n) is 12.6. The van der Waals surface area contributed by atoms with Crippen LogP contribution < -0.4 is 4.74 Å². The van der Waals surface area contributed by atoms with E-state index in [0.717, 1.165) is 65.5 Å². The zero-order valence-electron chi connectivity index (χ0n) is 27.3. The van der Waals surface area contributed by atoms with Crippen molar-refractivity contribution < 1.29 is 25.8 Å². The molecule has 0 radical (unpaired) electrons. The Hall–Kier alpha value is -5.36. The molecule has 6 nitrogen and oxygen atoms in total. The number of fused-ring (bicyclic) bond motifs is 12. The summed E-state index contributed by atoms with van der Waals surface area (Å²) in [5.74, 6) is 1.22. The number of benzene rings is 5. The second-order valence-corrected chi connectivity index (χ2v) is 13.6. The molecule has 0 N–H and O–H groups in total. The van der Waals surface area contributed by atoms with Gasteiger partial charge in [-0.1, -0.05) is 76.3 Å². The maximum absolute atomic E-state index is 6.77. The average molecular weight is 845 g/mol. The smallest absolute Gasteiger partial charge is 0.501 e. The normalized spacial score (nSPS) is 11.7. The van der Waals surface area contributed by atoms with E-state index in [1.807, 2.05) is 59.5 Å². The summed E-state index contributed by atoms with van der Waals surface area (Å²) in [5, 5.41) is 10.3. The zero-order valence-corrected chi connectivity index (χ0v) is 30.3. The fraction of sp³-hybridized carbons (Fsp3) is 0.0714. The molecule has 0 saturated heterocycles. The van der Waals surface area contributed by atoms with Gasteiger partial charge in [0.1, 0.15) is 5.65 Å². The Morgan fingerprint density at radius 2 is 1.56 bits per heavy atom. The second kappa shape index (κ2) is 11.6. The first-order chi connectivity index (χ1) is 24.0. The molecule has 0 atom stereocenters. The number of hydrogen-bond donors (Lipinski definition) is 0. The molecule has 50 heavy (non-hydrogen) atoms. The molecule has 0 spiro atoms. The van der Waals surface area contributed by atoms with E-state index in [0.29, 0.717) is 11.5 Å². The third-order valence-electron chi connectivity index (χ3n) is 9.33. The van der Waals surface area contributed by atoms with Crippen LogP contribution in [0.5, 0.6) is 11.5 Å². The fourth-order valence-electron chi connectivity index (χ4n) is 7.41. The minimum absolute atomic E-state index is 0. The summed E-state index contributed by atoms with van der Waals surface area (Å²) in [6, 6.07) is 40.4. The molecule has 0 fully saturated rings. The standard InChI is InChI=1S/C42H27N5OS.Pt/c1-24-20-25(2)37(26(3)21-24)33-17-19-46(45-33)27-10-8-11-28(22-27)48-35-23-31-38(39-29-12-4-7-16-36(29)49-40(35)39)30-13-9-18-43-41(30)47-34-15-6-5-14-32(34)44-42(31)47;/h4-21H,1-3H3;/q-2;+2. The Bertz CT molecular complexity index is 2950. The number of ether oxygens (including phenoxy) is 1. The number of pyridine rings is 2. The van der Waals surface area contributed by atoms with Crippen LogP contribution in [0.15, 0.2) is 109 Å². The summed E-state index contributed by atoms with van der Waals surface area (Å²) >= 11 is 1.71. The van der Waals surface area contributed by atoms with Gasteiger partial charge in [-0.05, 0) is 83.4 Å². The van der Waals surface area contributed by atoms with Crippen LogP contribution in [0.1, 0.15) is 16.7 Å². The molecule has 0 bridgehead atoms. The van der Waals surface area contributed by atoms with Gasteiger partial charge in [0.25, 0.3) is 0 Å². The van der Waals surface area contributed by atoms with Gasteiger partial charge in [0.15, 0.2) is 0 Å². The molecule has 0 saturated carbocycles. The fourth-order valence-corrected chi connectivity index (χ4v) is 8.56. The predicted octanol–water partition coefficient (Wildman–Crippen LogP) is 10.7. The van der Waals surface area contributed by atoms with Gasteiger partial charge < -0.3 is 9.14 Å². The van der Waals surface area contributed by atoms with E-state index < -0.39 is 0 Å². The molecule has 5 aromatic carbocycles. The molecule has 0 aliphatic rings. The monoisotopic (exact) mass is 844 g/mol. The van der Waals surface area contributed by atoms with Gasteiger partial charge >= 0.3 is 21.1 Å². The maximum atomic E-state index is 6.77. The number of nitrogens with zero attached hydrogens (tertiary/aromatic N) is 5. The topological polar surface area (TPSA) is 57.2 Å². The molecule has 242 valence electrons. The predicted molar refractivity (Wildman–Crippen MR) is 199 cm³/mol. The maximum Gasteiger partial charge on any atom is 2.00 e. The largest absolute Gasteiger partial charge is 2.00 e. The van der Waals surface area contributed by atoms with Crippen molar-refractivity contribution in [3.63, 3.8) is 0 Å². The van der Waals surface area contributed by atoms with Crippen molar-refractivity contribution in [2.75, 3.05) is 0 Å². The molecule has 0 amide bonds. The Morgan fingerprint density at radius 1 is 0.760 bits per heavy atom. The number of hydrogen-bond acceptors (Lipinski definition) is 5. The molecule has 10 rings (SSSR count). The number of rotatable bonds is 4. The van der Waals surface area contributed by atoms with E-state index in [1.165, 1.54) is 26.8 Å². The SMILES string of the molecule is Cc1cc(C)c(-c2ccn(-c3[c-]c(Oc4[c-]c5c(c6cccnc6n6c7ccccc7nc56)c5c4sc4ccccc45)ccc3)n2)c(C)c1.[Pt+2]. The van der Waals surface area contributed by atoms with Crippen LogP contribution in [0, 0.1) is 32.9 Å². The minimum atomic E-state index is 0. The number of aromatic nitrogens is 5. The molecule has 0 aliphatic carbocycles. The first kappa shape index (κ1) is 30.7. The first-order valence-corrected chi connectivity index (χ1v) is 17.0. The molecular formula is C42H27N5OPtS. The van der Waals surface area contributed by atoms with Crippen molar-refractivity contribution >= 4 is 70.0 Å². The van der Waals surface area contributed by atoms with Crippen molar-refractivity contribution in [2.24, 2.45) is 0 Å². The van der Waals surface area contributed by atoms with Crippen LogP contribution in [0.3, 0.4) is 0 Å². The number of imidazole rings is 1. The number of thiophene rings is 1. The van der Waals surface area contributed by atoms with Gasteiger partial charge in [-0.2, -0.15) is 22.5 Å². The summed E-state index contributed by atoms with van der Waals surface area (Å²) in [6.07, 6.45) is 3.83. The van der Waals surface area contributed by atoms with Gasteiger partial charge in [0, 0.05) is 28.4 Å². The summed E-state index contributed by atoms with van der Waals surface area (Å²) in [5.41, 5.74) is 10.1. The van der Waals surface area contributed by atoms with E-state index >= 15 is 0 Å². The van der Waals surface area contributed by atoms with E-state index in [9.17, 15) is 0 Å². The quantitative estimate of drug-likeness (QED) is 0.131. The summed E-state index contributed by atoms with van der Waals surface area (Å²) < 4.78 is 13.0. The van der Waals surface area contributed by atoms with Crippen molar-refractivity contribution in [3.8, 4) is 28.4 Å². The van der Waals surface area contributed by atoms with Crippen molar-refractivity contribution in [2.45, 2.75) is 20.8 Å². The van der Waals surface area contributed by atoms with Gasteiger partial charge in [0.05, 0.1) is 28.1 Å². The van der Waals surface area contributed by atoms with E-state index in [4.69, 9.17) is 19.8 Å². The third kappa shape index (κ3) is 4.61. The van der Waals surface area contributed by atoms with E-state index in [-0.39, 0.29) is 21.1 Å². The molecule has 5 aromatic heterocycles. The van der Waals surface area contributed by atoms with E-state index in [1.54, 1.807) is 11.3 Å². The van der Waals surface area contributed by atoms with Crippen LogP contribution in [0.2, 0.25) is 0 Å². The number of para-hydroxylation sites is 2. The third-order valence-corrected chi connectivity index (χ3v) is 10.5. The summed E-state index contributed by atoms with van der Waals surface area (Å²) in [7, 11) is 0. The number of aryl methyl sites for hydroxylation is 3. The van der Waals surface area contributed by atoms with Crippen LogP contribution in [-0.2, 0) is 21.1 Å². The van der Waals surface area contributed by atoms with Crippen molar-refractivity contribution in [1.29, 1.82) is 0 Å². The molecule has 10 aromatic rings. The summed E-state index contributed by atoms with van der Waals surface area (Å²) in [6.45, 7) is 6.41.